The summed E-state index contributed by atoms with van der Waals surface area (Å²) in [5, 5.41) is 2.96. The van der Waals surface area contributed by atoms with Crippen LogP contribution in [0.15, 0.2) is 59.1 Å². The first-order valence-electron chi connectivity index (χ1n) is 5.40. The van der Waals surface area contributed by atoms with Crippen LogP contribution in [0.3, 0.4) is 0 Å². The molecule has 2 heterocycles. The molecule has 0 fully saturated rings. The molecule has 3 aromatic rings. The molecule has 0 amide bonds. The molecular weight excluding hydrogens is 244 g/mol. The fraction of sp³-hybridized carbons (Fsp3) is 0. The third kappa shape index (κ3) is 2.00. The van der Waals surface area contributed by atoms with Crippen LogP contribution < -0.4 is 5.73 Å². The molecule has 2 N–H and O–H groups in total. The second-order valence-corrected chi connectivity index (χ2v) is 4.79. The number of hydrogen-bond donors (Lipinski definition) is 1. The van der Waals surface area contributed by atoms with Gasteiger partial charge >= 0.3 is 0 Å². The van der Waals surface area contributed by atoms with E-state index in [9.17, 15) is 0 Å². The molecule has 0 spiro atoms. The average molecular weight is 254 g/mol. The minimum Gasteiger partial charge on any atom is -0.398 e. The van der Waals surface area contributed by atoms with Gasteiger partial charge in [0.15, 0.2) is 0 Å². The SMILES string of the molecule is Nc1ccc(Sc2ccncn2)c2cnccc12. The molecular formula is C13H10N4S. The first kappa shape index (κ1) is 11.0. The van der Waals surface area contributed by atoms with Crippen molar-refractivity contribution in [3.05, 3.63) is 49.2 Å². The molecule has 3 rings (SSSR count). The van der Waals surface area contributed by atoms with Gasteiger partial charge in [0.25, 0.3) is 0 Å². The van der Waals surface area contributed by atoms with Crippen molar-refractivity contribution >= 4 is 28.2 Å². The van der Waals surface area contributed by atoms with E-state index in [1.165, 1.54) is 0 Å². The Balaban J connectivity index is 2.10. The van der Waals surface area contributed by atoms with Gasteiger partial charge in [-0.2, -0.15) is 0 Å². The van der Waals surface area contributed by atoms with Crippen LogP contribution in [-0.4, -0.2) is 15.0 Å². The summed E-state index contributed by atoms with van der Waals surface area (Å²) in [6.45, 7) is 0. The highest BCUT2D eigenvalue weighted by atomic mass is 32.2. The van der Waals surface area contributed by atoms with Crippen LogP contribution in [0.2, 0.25) is 0 Å². The maximum absolute atomic E-state index is 5.96. The van der Waals surface area contributed by atoms with Crippen molar-refractivity contribution in [3.63, 3.8) is 0 Å². The van der Waals surface area contributed by atoms with Crippen LogP contribution in [-0.2, 0) is 0 Å². The summed E-state index contributed by atoms with van der Waals surface area (Å²) < 4.78 is 0. The largest absolute Gasteiger partial charge is 0.398 e. The lowest BCUT2D eigenvalue weighted by atomic mass is 10.1. The Bertz CT molecular complexity index is 685. The first-order valence-corrected chi connectivity index (χ1v) is 6.22. The van der Waals surface area contributed by atoms with Crippen LogP contribution in [0.5, 0.6) is 0 Å². The summed E-state index contributed by atoms with van der Waals surface area (Å²) in [5.41, 5.74) is 6.72. The van der Waals surface area contributed by atoms with Gasteiger partial charge in [-0.25, -0.2) is 9.97 Å². The quantitative estimate of drug-likeness (QED) is 0.562. The number of benzene rings is 1. The fourth-order valence-electron chi connectivity index (χ4n) is 1.73. The summed E-state index contributed by atoms with van der Waals surface area (Å²) >= 11 is 1.58. The minimum absolute atomic E-state index is 0.763. The van der Waals surface area contributed by atoms with Crippen molar-refractivity contribution in [2.24, 2.45) is 0 Å². The van der Waals surface area contributed by atoms with E-state index in [4.69, 9.17) is 5.73 Å². The lowest BCUT2D eigenvalue weighted by Gasteiger charge is -2.07. The standard InChI is InChI=1S/C13H10N4S/c14-11-1-2-12(10-7-15-5-3-9(10)11)18-13-4-6-16-8-17-13/h1-8H,14H2. The molecule has 0 saturated carbocycles. The van der Waals surface area contributed by atoms with Crippen molar-refractivity contribution in [1.29, 1.82) is 0 Å². The molecule has 0 radical (unpaired) electrons. The Hall–Kier alpha value is -2.14. The fourth-order valence-corrected chi connectivity index (χ4v) is 2.59. The second-order valence-electron chi connectivity index (χ2n) is 3.72. The van der Waals surface area contributed by atoms with Crippen molar-refractivity contribution in [2.45, 2.75) is 9.92 Å². The molecule has 0 aliphatic heterocycles. The van der Waals surface area contributed by atoms with Crippen molar-refractivity contribution in [1.82, 2.24) is 15.0 Å². The summed E-state index contributed by atoms with van der Waals surface area (Å²) in [4.78, 5) is 13.4. The molecule has 0 saturated heterocycles. The van der Waals surface area contributed by atoms with Crippen LogP contribution in [0.1, 0.15) is 0 Å². The normalized spacial score (nSPS) is 10.7. The van der Waals surface area contributed by atoms with E-state index in [0.29, 0.717) is 0 Å². The molecule has 18 heavy (non-hydrogen) atoms. The van der Waals surface area contributed by atoms with Crippen LogP contribution in [0.25, 0.3) is 10.8 Å². The average Bonchev–Trinajstić information content (AvgIpc) is 2.44. The molecule has 1 aromatic carbocycles. The van der Waals surface area contributed by atoms with Gasteiger partial charge in [0.05, 0.1) is 0 Å². The summed E-state index contributed by atoms with van der Waals surface area (Å²) in [5.74, 6) is 0. The highest BCUT2D eigenvalue weighted by Crippen LogP contribution is 2.34. The van der Waals surface area contributed by atoms with Gasteiger partial charge in [0, 0.05) is 39.9 Å². The van der Waals surface area contributed by atoms with Gasteiger partial charge in [-0.3, -0.25) is 4.98 Å². The topological polar surface area (TPSA) is 64.7 Å². The van der Waals surface area contributed by atoms with Gasteiger partial charge in [-0.15, -0.1) is 0 Å². The summed E-state index contributed by atoms with van der Waals surface area (Å²) in [6.07, 6.45) is 6.85. The number of nitrogens with two attached hydrogens (primary N) is 1. The Labute approximate surface area is 108 Å². The molecule has 5 heteroatoms. The zero-order valence-corrected chi connectivity index (χ0v) is 10.3. The molecule has 0 bridgehead atoms. The molecule has 88 valence electrons. The minimum atomic E-state index is 0.763. The van der Waals surface area contributed by atoms with E-state index < -0.39 is 0 Å². The van der Waals surface area contributed by atoms with Crippen LogP contribution >= 0.6 is 11.8 Å². The van der Waals surface area contributed by atoms with E-state index in [2.05, 4.69) is 15.0 Å². The molecule has 0 aliphatic carbocycles. The lowest BCUT2D eigenvalue weighted by Crippen LogP contribution is -1.89. The first-order chi connectivity index (χ1) is 8.84. The monoisotopic (exact) mass is 254 g/mol. The van der Waals surface area contributed by atoms with Gasteiger partial charge in [0.1, 0.15) is 11.4 Å². The van der Waals surface area contributed by atoms with Crippen LogP contribution in [0, 0.1) is 0 Å². The zero-order chi connectivity index (χ0) is 12.4. The molecule has 0 unspecified atom stereocenters. The highest BCUT2D eigenvalue weighted by Gasteiger charge is 2.06. The van der Waals surface area contributed by atoms with E-state index in [-0.39, 0.29) is 0 Å². The predicted molar refractivity (Wildman–Crippen MR) is 72.3 cm³/mol. The summed E-state index contributed by atoms with van der Waals surface area (Å²) in [6, 6.07) is 7.70. The van der Waals surface area contributed by atoms with Gasteiger partial charge in [0.2, 0.25) is 0 Å². The Kier molecular flexibility index (Phi) is 2.82. The number of fused-ring (bicyclic) bond motifs is 1. The smallest absolute Gasteiger partial charge is 0.116 e. The van der Waals surface area contributed by atoms with Crippen molar-refractivity contribution in [3.8, 4) is 0 Å². The highest BCUT2D eigenvalue weighted by molar-refractivity contribution is 7.99. The molecule has 0 aliphatic rings. The Morgan fingerprint density at radius 3 is 2.67 bits per heavy atom. The third-order valence-electron chi connectivity index (χ3n) is 2.58. The van der Waals surface area contributed by atoms with Crippen molar-refractivity contribution in [2.75, 3.05) is 5.73 Å². The lowest BCUT2D eigenvalue weighted by molar-refractivity contribution is 1.05. The van der Waals surface area contributed by atoms with Crippen molar-refractivity contribution < 1.29 is 0 Å². The number of aromatic nitrogens is 3. The van der Waals surface area contributed by atoms with E-state index in [1.807, 2.05) is 30.5 Å². The maximum atomic E-state index is 5.96. The number of pyridine rings is 1. The number of rotatable bonds is 2. The third-order valence-corrected chi connectivity index (χ3v) is 3.61. The molecule has 4 nitrogen and oxygen atoms in total. The number of nitrogen functional groups attached to an aromatic ring is 1. The Morgan fingerprint density at radius 2 is 1.83 bits per heavy atom. The number of hydrogen-bond acceptors (Lipinski definition) is 5. The van der Waals surface area contributed by atoms with E-state index in [0.717, 1.165) is 26.4 Å². The van der Waals surface area contributed by atoms with E-state index >= 15 is 0 Å². The second kappa shape index (κ2) is 4.62. The molecule has 2 aromatic heterocycles. The summed E-state index contributed by atoms with van der Waals surface area (Å²) in [7, 11) is 0. The molecule has 0 atom stereocenters. The number of nitrogens with zero attached hydrogens (tertiary/aromatic N) is 3. The van der Waals surface area contributed by atoms with E-state index in [1.54, 1.807) is 30.5 Å². The number of anilines is 1. The zero-order valence-electron chi connectivity index (χ0n) is 9.45. The van der Waals surface area contributed by atoms with Gasteiger partial charge in [-0.1, -0.05) is 11.8 Å². The van der Waals surface area contributed by atoms with Gasteiger partial charge in [-0.05, 0) is 24.3 Å². The van der Waals surface area contributed by atoms with Crippen LogP contribution in [0.4, 0.5) is 5.69 Å². The van der Waals surface area contributed by atoms with Gasteiger partial charge < -0.3 is 5.73 Å². The predicted octanol–water partition coefficient (Wildman–Crippen LogP) is 2.76. The maximum Gasteiger partial charge on any atom is 0.116 e. The Morgan fingerprint density at radius 1 is 0.944 bits per heavy atom.